The van der Waals surface area contributed by atoms with E-state index in [9.17, 15) is 5.11 Å². The third kappa shape index (κ3) is 3.60. The van der Waals surface area contributed by atoms with Crippen LogP contribution in [0.5, 0.6) is 5.75 Å². The minimum Gasteiger partial charge on any atom is -0.491 e. The van der Waals surface area contributed by atoms with E-state index >= 15 is 0 Å². The lowest BCUT2D eigenvalue weighted by atomic mass is 10.0. The molecule has 2 nitrogen and oxygen atoms in total. The molecule has 0 aliphatic heterocycles. The van der Waals surface area contributed by atoms with Gasteiger partial charge in [-0.25, -0.2) is 0 Å². The number of aliphatic hydroxyl groups is 1. The highest BCUT2D eigenvalue weighted by molar-refractivity contribution is 9.12. The first-order valence-electron chi connectivity index (χ1n) is 5.87. The van der Waals surface area contributed by atoms with Crippen molar-refractivity contribution in [3.8, 4) is 5.75 Å². The van der Waals surface area contributed by atoms with Crippen LogP contribution in [0.2, 0.25) is 0 Å². The molecule has 2 aromatic rings. The lowest BCUT2D eigenvalue weighted by Gasteiger charge is -2.17. The van der Waals surface area contributed by atoms with E-state index in [4.69, 9.17) is 4.74 Å². The van der Waals surface area contributed by atoms with Gasteiger partial charge >= 0.3 is 0 Å². The molecule has 1 N–H and O–H groups in total. The summed E-state index contributed by atoms with van der Waals surface area (Å²) in [6.45, 7) is 3.94. The van der Waals surface area contributed by atoms with E-state index in [0.29, 0.717) is 0 Å². The van der Waals surface area contributed by atoms with Crippen molar-refractivity contribution in [3.05, 3.63) is 49.0 Å². The molecule has 1 unspecified atom stereocenters. The van der Waals surface area contributed by atoms with Crippen LogP contribution in [0.1, 0.15) is 31.1 Å². The summed E-state index contributed by atoms with van der Waals surface area (Å²) in [6, 6.07) is 9.51. The fraction of sp³-hybridized carbons (Fsp3) is 0.286. The Morgan fingerprint density at radius 1 is 1.16 bits per heavy atom. The van der Waals surface area contributed by atoms with E-state index in [-0.39, 0.29) is 6.10 Å². The molecule has 1 heterocycles. The van der Waals surface area contributed by atoms with Crippen molar-refractivity contribution in [1.82, 2.24) is 0 Å². The van der Waals surface area contributed by atoms with E-state index in [2.05, 4.69) is 31.9 Å². The highest BCUT2D eigenvalue weighted by atomic mass is 79.9. The SMILES string of the molecule is CC(C)Oc1ccccc1C(O)c1cc(Br)sc1Br. The van der Waals surface area contributed by atoms with Crippen molar-refractivity contribution in [2.45, 2.75) is 26.1 Å². The summed E-state index contributed by atoms with van der Waals surface area (Å²) in [5.74, 6) is 0.722. The normalized spacial score (nSPS) is 12.7. The summed E-state index contributed by atoms with van der Waals surface area (Å²) in [7, 11) is 0. The van der Waals surface area contributed by atoms with Crippen molar-refractivity contribution >= 4 is 43.2 Å². The Morgan fingerprint density at radius 2 is 1.84 bits per heavy atom. The molecule has 2 rings (SSSR count). The smallest absolute Gasteiger partial charge is 0.125 e. The molecular weight excluding hydrogens is 392 g/mol. The fourth-order valence-corrected chi connectivity index (χ4v) is 4.66. The number of aliphatic hydroxyl groups excluding tert-OH is 1. The summed E-state index contributed by atoms with van der Waals surface area (Å²) >= 11 is 8.45. The monoisotopic (exact) mass is 404 g/mol. The van der Waals surface area contributed by atoms with Crippen LogP contribution in [0.3, 0.4) is 0 Å². The number of ether oxygens (including phenoxy) is 1. The van der Waals surface area contributed by atoms with Gasteiger partial charge in [-0.05, 0) is 57.8 Å². The quantitative estimate of drug-likeness (QED) is 0.762. The molecule has 5 heteroatoms. The molecule has 1 aromatic heterocycles. The number of halogens is 2. The fourth-order valence-electron chi connectivity index (χ4n) is 1.77. The van der Waals surface area contributed by atoms with Crippen LogP contribution in [0, 0.1) is 0 Å². The number of benzene rings is 1. The summed E-state index contributed by atoms with van der Waals surface area (Å²) in [6.07, 6.45) is -0.627. The standard InChI is InChI=1S/C14H14Br2O2S/c1-8(2)18-11-6-4-3-5-9(11)13(17)10-7-12(15)19-14(10)16/h3-8,13,17H,1-2H3. The zero-order valence-corrected chi connectivity index (χ0v) is 14.5. The molecule has 102 valence electrons. The van der Waals surface area contributed by atoms with Crippen LogP contribution in [-0.4, -0.2) is 11.2 Å². The van der Waals surface area contributed by atoms with Gasteiger partial charge < -0.3 is 9.84 Å². The lowest BCUT2D eigenvalue weighted by Crippen LogP contribution is -2.09. The van der Waals surface area contributed by atoms with Crippen molar-refractivity contribution < 1.29 is 9.84 Å². The van der Waals surface area contributed by atoms with Crippen molar-refractivity contribution in [3.63, 3.8) is 0 Å². The van der Waals surface area contributed by atoms with Crippen LogP contribution in [0.15, 0.2) is 37.9 Å². The van der Waals surface area contributed by atoms with Gasteiger partial charge in [0.1, 0.15) is 11.9 Å². The molecule has 0 spiro atoms. The van der Waals surface area contributed by atoms with Crippen molar-refractivity contribution in [1.29, 1.82) is 0 Å². The number of para-hydroxylation sites is 1. The molecule has 0 saturated heterocycles. The van der Waals surface area contributed by atoms with Crippen molar-refractivity contribution in [2.75, 3.05) is 0 Å². The van der Waals surface area contributed by atoms with Gasteiger partial charge in [0.15, 0.2) is 0 Å². The van der Waals surface area contributed by atoms with Gasteiger partial charge in [-0.3, -0.25) is 0 Å². The Kier molecular flexibility index (Phi) is 5.06. The first-order valence-corrected chi connectivity index (χ1v) is 8.27. The highest BCUT2D eigenvalue weighted by Gasteiger charge is 2.20. The lowest BCUT2D eigenvalue weighted by molar-refractivity contribution is 0.198. The maximum atomic E-state index is 10.6. The van der Waals surface area contributed by atoms with Gasteiger partial charge in [-0.15, -0.1) is 11.3 Å². The summed E-state index contributed by atoms with van der Waals surface area (Å²) in [5.41, 5.74) is 1.62. The number of rotatable bonds is 4. The van der Waals surface area contributed by atoms with Gasteiger partial charge in [0, 0.05) is 11.1 Å². The summed E-state index contributed by atoms with van der Waals surface area (Å²) in [4.78, 5) is 0. The Morgan fingerprint density at radius 3 is 2.42 bits per heavy atom. The van der Waals surface area contributed by atoms with Crippen LogP contribution in [0.25, 0.3) is 0 Å². The molecule has 1 atom stereocenters. The van der Waals surface area contributed by atoms with Gasteiger partial charge in [0.05, 0.1) is 13.7 Å². The van der Waals surface area contributed by atoms with Crippen LogP contribution in [0.4, 0.5) is 0 Å². The molecular formula is C14H14Br2O2S. The third-order valence-corrected chi connectivity index (χ3v) is 4.94. The minimum absolute atomic E-state index is 0.0750. The molecule has 0 fully saturated rings. The second-order valence-corrected chi connectivity index (χ2v) is 8.14. The Balaban J connectivity index is 2.38. The van der Waals surface area contributed by atoms with E-state index in [1.165, 1.54) is 0 Å². The highest BCUT2D eigenvalue weighted by Crippen LogP contribution is 2.40. The summed E-state index contributed by atoms with van der Waals surface area (Å²) < 4.78 is 7.66. The number of thiophene rings is 1. The zero-order chi connectivity index (χ0) is 14.0. The Bertz CT molecular complexity index is 566. The topological polar surface area (TPSA) is 29.5 Å². The van der Waals surface area contributed by atoms with E-state index in [1.54, 1.807) is 11.3 Å². The third-order valence-electron chi connectivity index (χ3n) is 2.55. The van der Waals surface area contributed by atoms with Gasteiger partial charge in [0.25, 0.3) is 0 Å². The molecule has 1 aromatic carbocycles. The number of hydrogen-bond acceptors (Lipinski definition) is 3. The van der Waals surface area contributed by atoms with Gasteiger partial charge in [-0.1, -0.05) is 18.2 Å². The average Bonchev–Trinajstić information content (AvgIpc) is 2.67. The largest absolute Gasteiger partial charge is 0.491 e. The van der Waals surface area contributed by atoms with Crippen LogP contribution in [-0.2, 0) is 0 Å². The Labute approximate surface area is 133 Å². The molecule has 0 aliphatic carbocycles. The maximum absolute atomic E-state index is 10.6. The minimum atomic E-state index is -0.702. The molecule has 19 heavy (non-hydrogen) atoms. The first-order chi connectivity index (χ1) is 8.99. The van der Waals surface area contributed by atoms with E-state index in [1.807, 2.05) is 44.2 Å². The van der Waals surface area contributed by atoms with E-state index in [0.717, 1.165) is 24.4 Å². The van der Waals surface area contributed by atoms with Crippen LogP contribution >= 0.6 is 43.2 Å². The second-order valence-electron chi connectivity index (χ2n) is 4.39. The second kappa shape index (κ2) is 6.39. The predicted octanol–water partition coefficient (Wildman–Crippen LogP) is 5.14. The van der Waals surface area contributed by atoms with Crippen LogP contribution < -0.4 is 4.74 Å². The molecule has 0 saturated carbocycles. The molecule has 0 bridgehead atoms. The average molecular weight is 406 g/mol. The Hall–Kier alpha value is -0.360. The van der Waals surface area contributed by atoms with Crippen molar-refractivity contribution in [2.24, 2.45) is 0 Å². The first kappa shape index (κ1) is 15.0. The molecule has 0 amide bonds. The summed E-state index contributed by atoms with van der Waals surface area (Å²) in [5, 5.41) is 10.6. The molecule has 0 radical (unpaired) electrons. The molecule has 0 aliphatic rings. The van der Waals surface area contributed by atoms with Gasteiger partial charge in [-0.2, -0.15) is 0 Å². The van der Waals surface area contributed by atoms with Gasteiger partial charge in [0.2, 0.25) is 0 Å². The zero-order valence-electron chi connectivity index (χ0n) is 10.6. The van der Waals surface area contributed by atoms with E-state index < -0.39 is 6.10 Å². The predicted molar refractivity (Wildman–Crippen MR) is 86.0 cm³/mol. The number of hydrogen-bond donors (Lipinski definition) is 1. The maximum Gasteiger partial charge on any atom is 0.125 e.